The molecular weight excluding hydrogens is 286 g/mol. The number of phenols is 1. The summed E-state index contributed by atoms with van der Waals surface area (Å²) in [5.74, 6) is -0.979. The molecule has 0 saturated carbocycles. The Morgan fingerprint density at radius 1 is 1.32 bits per heavy atom. The summed E-state index contributed by atoms with van der Waals surface area (Å²) in [4.78, 5) is 25.1. The third-order valence-electron chi connectivity index (χ3n) is 3.42. The second-order valence-electron chi connectivity index (χ2n) is 4.98. The monoisotopic (exact) mass is 305 g/mol. The van der Waals surface area contributed by atoms with Crippen LogP contribution in [0.1, 0.15) is 24.8 Å². The van der Waals surface area contributed by atoms with Crippen LogP contribution in [0.2, 0.25) is 0 Å². The second kappa shape index (κ2) is 7.44. The van der Waals surface area contributed by atoms with E-state index in [0.29, 0.717) is 24.4 Å². The van der Waals surface area contributed by atoms with E-state index in [0.717, 1.165) is 19.3 Å². The van der Waals surface area contributed by atoms with Gasteiger partial charge in [-0.1, -0.05) is 0 Å². The van der Waals surface area contributed by atoms with E-state index in [4.69, 9.17) is 4.74 Å². The van der Waals surface area contributed by atoms with E-state index in [-0.39, 0.29) is 5.75 Å². The van der Waals surface area contributed by atoms with Gasteiger partial charge in [0.15, 0.2) is 11.5 Å². The Balaban J connectivity index is 1.91. The van der Waals surface area contributed by atoms with Crippen molar-refractivity contribution in [1.82, 2.24) is 10.3 Å². The fourth-order valence-electron chi connectivity index (χ4n) is 2.23. The molecule has 2 N–H and O–H groups in total. The Hall–Kier alpha value is -2.57. The summed E-state index contributed by atoms with van der Waals surface area (Å²) in [6, 6.07) is 4.64. The van der Waals surface area contributed by atoms with Crippen LogP contribution in [0, 0.1) is 0 Å². The molecule has 118 valence electrons. The molecule has 0 unspecified atom stereocenters. The maximum Gasteiger partial charge on any atom is 0.329 e. The highest BCUT2D eigenvalue weighted by molar-refractivity contribution is 6.35. The van der Waals surface area contributed by atoms with Gasteiger partial charge in [-0.15, -0.1) is 0 Å². The molecule has 0 radical (unpaired) electrons. The Morgan fingerprint density at radius 2 is 2.05 bits per heavy atom. The minimum absolute atomic E-state index is 0.0176. The standard InChI is InChI=1S/C15H19N3O4/c1-22-13-9-11(5-6-12(13)19)10-16-17-14(20)15(21)18-7-3-2-4-8-18/h5-6,9-10,19H,2-4,7-8H2,1H3,(H,17,20)/b16-10-. The van der Waals surface area contributed by atoms with E-state index >= 15 is 0 Å². The molecule has 0 aliphatic carbocycles. The van der Waals surface area contributed by atoms with Crippen LogP contribution in [0.15, 0.2) is 23.3 Å². The third-order valence-corrected chi connectivity index (χ3v) is 3.42. The third kappa shape index (κ3) is 3.97. The summed E-state index contributed by atoms with van der Waals surface area (Å²) in [7, 11) is 1.44. The fourth-order valence-corrected chi connectivity index (χ4v) is 2.23. The van der Waals surface area contributed by atoms with Gasteiger partial charge in [0, 0.05) is 13.1 Å². The number of phenolic OH excluding ortho intramolecular Hbond substituents is 1. The molecule has 22 heavy (non-hydrogen) atoms. The Labute approximate surface area is 128 Å². The zero-order valence-corrected chi connectivity index (χ0v) is 12.4. The number of nitrogens with one attached hydrogen (secondary N) is 1. The lowest BCUT2D eigenvalue weighted by atomic mass is 10.1. The number of carbonyl (C=O) groups is 2. The highest BCUT2D eigenvalue weighted by atomic mass is 16.5. The van der Waals surface area contributed by atoms with Gasteiger partial charge in [0.1, 0.15) is 0 Å². The summed E-state index contributed by atoms with van der Waals surface area (Å²) in [5, 5.41) is 13.2. The zero-order chi connectivity index (χ0) is 15.9. The normalized spacial score (nSPS) is 14.9. The van der Waals surface area contributed by atoms with Gasteiger partial charge in [0.2, 0.25) is 0 Å². The molecular formula is C15H19N3O4. The number of methoxy groups -OCH3 is 1. The molecule has 2 amide bonds. The Morgan fingerprint density at radius 3 is 2.73 bits per heavy atom. The molecule has 1 heterocycles. The number of piperidine rings is 1. The molecule has 2 rings (SSSR count). The smallest absolute Gasteiger partial charge is 0.329 e. The lowest BCUT2D eigenvalue weighted by Gasteiger charge is -2.25. The van der Waals surface area contributed by atoms with Crippen molar-refractivity contribution in [3.05, 3.63) is 23.8 Å². The SMILES string of the molecule is COc1cc(/C=N\NC(=O)C(=O)N2CCCCC2)ccc1O. The number of carbonyl (C=O) groups excluding carboxylic acids is 2. The lowest BCUT2D eigenvalue weighted by molar-refractivity contribution is -0.146. The first-order valence-corrected chi connectivity index (χ1v) is 7.11. The average Bonchev–Trinajstić information content (AvgIpc) is 2.56. The molecule has 1 saturated heterocycles. The lowest BCUT2D eigenvalue weighted by Crippen LogP contribution is -2.43. The molecule has 1 aromatic rings. The molecule has 0 aromatic heterocycles. The highest BCUT2D eigenvalue weighted by Crippen LogP contribution is 2.25. The van der Waals surface area contributed by atoms with E-state index in [1.165, 1.54) is 24.3 Å². The van der Waals surface area contributed by atoms with Gasteiger partial charge in [-0.2, -0.15) is 5.10 Å². The quantitative estimate of drug-likeness (QED) is 0.492. The molecule has 1 fully saturated rings. The molecule has 1 aliphatic rings. The number of hydrogen-bond acceptors (Lipinski definition) is 5. The summed E-state index contributed by atoms with van der Waals surface area (Å²) in [6.45, 7) is 1.23. The highest BCUT2D eigenvalue weighted by Gasteiger charge is 2.22. The topological polar surface area (TPSA) is 91.2 Å². The van der Waals surface area contributed by atoms with Gasteiger partial charge in [0.05, 0.1) is 13.3 Å². The van der Waals surface area contributed by atoms with Gasteiger partial charge in [-0.05, 0) is 43.0 Å². The number of ether oxygens (including phenoxy) is 1. The summed E-state index contributed by atoms with van der Waals surface area (Å²) in [5.41, 5.74) is 2.84. The van der Waals surface area contributed by atoms with E-state index in [1.807, 2.05) is 0 Å². The van der Waals surface area contributed by atoms with Crippen LogP contribution in [0.3, 0.4) is 0 Å². The molecule has 1 aromatic carbocycles. The van der Waals surface area contributed by atoms with Gasteiger partial charge >= 0.3 is 11.8 Å². The van der Waals surface area contributed by atoms with Gasteiger partial charge in [-0.25, -0.2) is 5.43 Å². The molecule has 0 atom stereocenters. The molecule has 0 spiro atoms. The average molecular weight is 305 g/mol. The number of aromatic hydroxyl groups is 1. The van der Waals surface area contributed by atoms with Crippen molar-refractivity contribution in [3.8, 4) is 11.5 Å². The van der Waals surface area contributed by atoms with Crippen molar-refractivity contribution in [3.63, 3.8) is 0 Å². The molecule has 0 bridgehead atoms. The maximum absolute atomic E-state index is 11.9. The van der Waals surface area contributed by atoms with E-state index < -0.39 is 11.8 Å². The van der Waals surface area contributed by atoms with Crippen molar-refractivity contribution >= 4 is 18.0 Å². The number of hydrazone groups is 1. The predicted octanol–water partition coefficient (Wildman–Crippen LogP) is 0.863. The Bertz CT molecular complexity index is 580. The Kier molecular flexibility index (Phi) is 5.35. The first-order valence-electron chi connectivity index (χ1n) is 7.11. The van der Waals surface area contributed by atoms with Crippen molar-refractivity contribution in [2.75, 3.05) is 20.2 Å². The maximum atomic E-state index is 11.9. The fraction of sp³-hybridized carbons (Fsp3) is 0.400. The van der Waals surface area contributed by atoms with Crippen molar-refractivity contribution in [2.24, 2.45) is 5.10 Å². The van der Waals surface area contributed by atoms with E-state index in [9.17, 15) is 14.7 Å². The number of likely N-dealkylation sites (tertiary alicyclic amines) is 1. The van der Waals surface area contributed by atoms with E-state index in [2.05, 4.69) is 10.5 Å². The predicted molar refractivity (Wildman–Crippen MR) is 80.8 cm³/mol. The number of benzene rings is 1. The van der Waals surface area contributed by atoms with Gasteiger partial charge in [-0.3, -0.25) is 9.59 Å². The van der Waals surface area contributed by atoms with Crippen LogP contribution in [0.25, 0.3) is 0 Å². The van der Waals surface area contributed by atoms with Crippen LogP contribution in [-0.2, 0) is 9.59 Å². The van der Waals surface area contributed by atoms with Crippen LogP contribution < -0.4 is 10.2 Å². The first kappa shape index (κ1) is 15.8. The minimum atomic E-state index is -0.746. The van der Waals surface area contributed by atoms with Crippen LogP contribution >= 0.6 is 0 Å². The van der Waals surface area contributed by atoms with Crippen LogP contribution in [-0.4, -0.2) is 48.2 Å². The first-order chi connectivity index (χ1) is 10.6. The van der Waals surface area contributed by atoms with Crippen LogP contribution in [0.5, 0.6) is 11.5 Å². The number of hydrogen-bond donors (Lipinski definition) is 2. The van der Waals surface area contributed by atoms with Crippen LogP contribution in [0.4, 0.5) is 0 Å². The zero-order valence-electron chi connectivity index (χ0n) is 12.4. The molecule has 7 nitrogen and oxygen atoms in total. The molecule has 7 heteroatoms. The minimum Gasteiger partial charge on any atom is -0.504 e. The summed E-state index contributed by atoms with van der Waals surface area (Å²) >= 11 is 0. The molecule has 1 aliphatic heterocycles. The van der Waals surface area contributed by atoms with Crippen molar-refractivity contribution < 1.29 is 19.4 Å². The number of amides is 2. The summed E-state index contributed by atoms with van der Waals surface area (Å²) in [6.07, 6.45) is 4.32. The number of rotatable bonds is 3. The summed E-state index contributed by atoms with van der Waals surface area (Å²) < 4.78 is 4.97. The van der Waals surface area contributed by atoms with Gasteiger partial charge < -0.3 is 14.7 Å². The van der Waals surface area contributed by atoms with Gasteiger partial charge in [0.25, 0.3) is 0 Å². The van der Waals surface area contributed by atoms with Crippen molar-refractivity contribution in [1.29, 1.82) is 0 Å². The number of nitrogens with zero attached hydrogens (tertiary/aromatic N) is 2. The largest absolute Gasteiger partial charge is 0.504 e. The van der Waals surface area contributed by atoms with E-state index in [1.54, 1.807) is 12.1 Å². The second-order valence-corrected chi connectivity index (χ2v) is 4.98. The van der Waals surface area contributed by atoms with Crippen molar-refractivity contribution in [2.45, 2.75) is 19.3 Å².